The van der Waals surface area contributed by atoms with Gasteiger partial charge in [-0.15, -0.1) is 0 Å². The van der Waals surface area contributed by atoms with Gasteiger partial charge in [-0.25, -0.2) is 0 Å². The van der Waals surface area contributed by atoms with E-state index in [4.69, 9.17) is 0 Å². The summed E-state index contributed by atoms with van der Waals surface area (Å²) in [5.74, 6) is 0. The monoisotopic (exact) mass is 294 g/mol. The van der Waals surface area contributed by atoms with Gasteiger partial charge in [0.05, 0.1) is 0 Å². The average molecular weight is 294 g/mol. The third-order valence-corrected chi connectivity index (χ3v) is 5.98. The van der Waals surface area contributed by atoms with E-state index in [9.17, 15) is 0 Å². The lowest BCUT2D eigenvalue weighted by atomic mass is 10.2. The van der Waals surface area contributed by atoms with Crippen LogP contribution in [-0.4, -0.2) is 61.1 Å². The fraction of sp³-hybridized carbons (Fsp3) is 0.600. The Hall–Kier alpha value is -0.510. The molecule has 1 saturated heterocycles. The number of rotatable bonds is 4. The molecule has 1 aromatic carbocycles. The Morgan fingerprint density at radius 3 is 2.45 bits per heavy atom. The molecule has 0 bridgehead atoms. The lowest BCUT2D eigenvalue weighted by Gasteiger charge is -2.41. The summed E-state index contributed by atoms with van der Waals surface area (Å²) in [5.41, 5.74) is 1.40. The summed E-state index contributed by atoms with van der Waals surface area (Å²) in [6, 6.07) is 10.8. The van der Waals surface area contributed by atoms with Gasteiger partial charge in [-0.05, 0) is 26.2 Å². The van der Waals surface area contributed by atoms with E-state index in [2.05, 4.69) is 70.7 Å². The van der Waals surface area contributed by atoms with Crippen LogP contribution in [0.15, 0.2) is 30.3 Å². The van der Waals surface area contributed by atoms with Crippen LogP contribution in [0.25, 0.3) is 0 Å². The standard InChI is InChI=1S/C15H27N4P/c1-4-18-11-10-17(3)20(16-2)19(13-12-18)14-15-8-6-5-7-9-15/h5-9,16H,4,10-14H2,1-3H3. The van der Waals surface area contributed by atoms with Gasteiger partial charge in [-0.3, -0.25) is 14.4 Å². The van der Waals surface area contributed by atoms with Crippen molar-refractivity contribution in [3.05, 3.63) is 35.9 Å². The van der Waals surface area contributed by atoms with Crippen LogP contribution in [0.4, 0.5) is 0 Å². The van der Waals surface area contributed by atoms with E-state index >= 15 is 0 Å². The smallest absolute Gasteiger partial charge is 0.117 e. The van der Waals surface area contributed by atoms with Gasteiger partial charge in [0.15, 0.2) is 0 Å². The van der Waals surface area contributed by atoms with Gasteiger partial charge in [0.2, 0.25) is 0 Å². The molecule has 1 unspecified atom stereocenters. The molecular weight excluding hydrogens is 267 g/mol. The van der Waals surface area contributed by atoms with Gasteiger partial charge in [-0.1, -0.05) is 37.3 Å². The second-order valence-corrected chi connectivity index (χ2v) is 7.48. The van der Waals surface area contributed by atoms with Gasteiger partial charge < -0.3 is 4.90 Å². The fourth-order valence-electron chi connectivity index (χ4n) is 2.63. The average Bonchev–Trinajstić information content (AvgIpc) is 2.47. The summed E-state index contributed by atoms with van der Waals surface area (Å²) in [5, 5.41) is 3.52. The number of hydrogen-bond acceptors (Lipinski definition) is 4. The molecule has 0 amide bonds. The molecule has 0 aliphatic carbocycles. The van der Waals surface area contributed by atoms with Crippen molar-refractivity contribution in [3.8, 4) is 0 Å². The highest BCUT2D eigenvalue weighted by atomic mass is 31.1. The molecule has 0 spiro atoms. The van der Waals surface area contributed by atoms with Gasteiger partial charge >= 0.3 is 0 Å². The number of nitrogens with zero attached hydrogens (tertiary/aromatic N) is 3. The molecule has 0 saturated carbocycles. The van der Waals surface area contributed by atoms with Crippen LogP contribution in [0, 0.1) is 0 Å². The van der Waals surface area contributed by atoms with Crippen molar-refractivity contribution in [2.45, 2.75) is 13.5 Å². The maximum absolute atomic E-state index is 3.52. The zero-order chi connectivity index (χ0) is 14.4. The highest BCUT2D eigenvalue weighted by molar-refractivity contribution is 7.50. The molecule has 4 nitrogen and oxygen atoms in total. The van der Waals surface area contributed by atoms with Gasteiger partial charge in [-0.2, -0.15) is 0 Å². The van der Waals surface area contributed by atoms with E-state index in [0.29, 0.717) is 0 Å². The van der Waals surface area contributed by atoms with Crippen LogP contribution in [0.1, 0.15) is 12.5 Å². The molecule has 0 aromatic heterocycles. The van der Waals surface area contributed by atoms with E-state index in [-0.39, 0.29) is 0 Å². The molecule has 1 N–H and O–H groups in total. The topological polar surface area (TPSA) is 21.8 Å². The first-order valence-corrected chi connectivity index (χ1v) is 8.69. The summed E-state index contributed by atoms with van der Waals surface area (Å²) in [4.78, 5) is 2.54. The van der Waals surface area contributed by atoms with Crippen molar-refractivity contribution >= 4 is 8.37 Å². The molecule has 1 heterocycles. The zero-order valence-electron chi connectivity index (χ0n) is 12.9. The predicted molar refractivity (Wildman–Crippen MR) is 87.6 cm³/mol. The van der Waals surface area contributed by atoms with E-state index in [0.717, 1.165) is 32.7 Å². The fourth-order valence-corrected chi connectivity index (χ4v) is 4.54. The van der Waals surface area contributed by atoms with Crippen molar-refractivity contribution in [3.63, 3.8) is 0 Å². The van der Waals surface area contributed by atoms with E-state index in [1.807, 2.05) is 0 Å². The van der Waals surface area contributed by atoms with Crippen LogP contribution >= 0.6 is 8.37 Å². The van der Waals surface area contributed by atoms with Crippen molar-refractivity contribution in [1.82, 2.24) is 19.3 Å². The molecule has 1 fully saturated rings. The molecule has 2 rings (SSSR count). The molecule has 1 aliphatic rings. The summed E-state index contributed by atoms with van der Waals surface area (Å²) >= 11 is 0. The Labute approximate surface area is 124 Å². The van der Waals surface area contributed by atoms with Crippen LogP contribution < -0.4 is 5.09 Å². The Kier molecular flexibility index (Phi) is 6.40. The Morgan fingerprint density at radius 2 is 1.80 bits per heavy atom. The Balaban J connectivity index is 2.08. The highest BCUT2D eigenvalue weighted by Crippen LogP contribution is 2.39. The van der Waals surface area contributed by atoms with Gasteiger partial charge in [0, 0.05) is 32.7 Å². The van der Waals surface area contributed by atoms with E-state index < -0.39 is 8.37 Å². The number of nitrogens with one attached hydrogen (secondary N) is 1. The largest absolute Gasteiger partial charge is 0.301 e. The number of benzene rings is 1. The molecule has 0 radical (unpaired) electrons. The van der Waals surface area contributed by atoms with Crippen molar-refractivity contribution in [2.24, 2.45) is 0 Å². The minimum absolute atomic E-state index is 0.396. The summed E-state index contributed by atoms with van der Waals surface area (Å²) in [7, 11) is 3.92. The molecule has 5 heteroatoms. The molecule has 1 aromatic rings. The third kappa shape index (κ3) is 4.24. The second-order valence-electron chi connectivity index (χ2n) is 5.20. The van der Waals surface area contributed by atoms with Gasteiger partial charge in [0.25, 0.3) is 0 Å². The van der Waals surface area contributed by atoms with Crippen molar-refractivity contribution in [2.75, 3.05) is 46.8 Å². The minimum Gasteiger partial charge on any atom is -0.301 e. The van der Waals surface area contributed by atoms with E-state index in [1.54, 1.807) is 0 Å². The zero-order valence-corrected chi connectivity index (χ0v) is 13.8. The molecule has 20 heavy (non-hydrogen) atoms. The first-order chi connectivity index (χ1) is 9.74. The first kappa shape index (κ1) is 15.9. The van der Waals surface area contributed by atoms with Crippen LogP contribution in [-0.2, 0) is 6.54 Å². The summed E-state index contributed by atoms with van der Waals surface area (Å²) in [6.07, 6.45) is 0. The summed E-state index contributed by atoms with van der Waals surface area (Å²) in [6.45, 7) is 9.01. The van der Waals surface area contributed by atoms with Gasteiger partial charge in [0.1, 0.15) is 8.37 Å². The third-order valence-electron chi connectivity index (χ3n) is 3.86. The minimum atomic E-state index is -0.396. The molecule has 1 aliphatic heterocycles. The molecular formula is C15H27N4P. The number of likely N-dealkylation sites (N-methyl/N-ethyl adjacent to an activating group) is 2. The van der Waals surface area contributed by atoms with Crippen LogP contribution in [0.3, 0.4) is 0 Å². The lowest BCUT2D eigenvalue weighted by Crippen LogP contribution is -2.44. The van der Waals surface area contributed by atoms with E-state index in [1.165, 1.54) is 12.1 Å². The second kappa shape index (κ2) is 8.06. The maximum Gasteiger partial charge on any atom is 0.117 e. The predicted octanol–water partition coefficient (Wildman–Crippen LogP) is 2.20. The molecule has 1 atom stereocenters. The van der Waals surface area contributed by atoms with Crippen LogP contribution in [0.2, 0.25) is 0 Å². The first-order valence-electron chi connectivity index (χ1n) is 7.44. The lowest BCUT2D eigenvalue weighted by molar-refractivity contribution is 0.226. The highest BCUT2D eigenvalue weighted by Gasteiger charge is 2.25. The Morgan fingerprint density at radius 1 is 1.10 bits per heavy atom. The van der Waals surface area contributed by atoms with Crippen molar-refractivity contribution < 1.29 is 0 Å². The maximum atomic E-state index is 3.52. The van der Waals surface area contributed by atoms with Crippen LogP contribution in [0.5, 0.6) is 0 Å². The number of hydrogen-bond donors (Lipinski definition) is 1. The van der Waals surface area contributed by atoms with Crippen molar-refractivity contribution in [1.29, 1.82) is 0 Å². The SMILES string of the molecule is CCN1CCN(C)P(NC)N(Cc2ccccc2)CC1. The Bertz CT molecular complexity index is 387. The quantitative estimate of drug-likeness (QED) is 0.859. The molecule has 112 valence electrons. The normalized spacial score (nSPS) is 23.4. The summed E-state index contributed by atoms with van der Waals surface area (Å²) < 4.78 is 5.06.